The number of rotatable bonds is 1. The fourth-order valence-corrected chi connectivity index (χ4v) is 1.03. The number of nitrogens with two attached hydrogens (primary N) is 2. The van der Waals surface area contributed by atoms with Gasteiger partial charge < -0.3 is 16.8 Å². The van der Waals surface area contributed by atoms with Gasteiger partial charge in [-0.2, -0.15) is 0 Å². The van der Waals surface area contributed by atoms with Gasteiger partial charge in [-0.1, -0.05) is 0 Å². The molecule has 1 rings (SSSR count). The van der Waals surface area contributed by atoms with Crippen molar-refractivity contribution >= 4 is 0 Å². The van der Waals surface area contributed by atoms with Gasteiger partial charge in [0.05, 0.1) is 0 Å². The van der Waals surface area contributed by atoms with Gasteiger partial charge in [0, 0.05) is 12.2 Å². The Bertz CT molecular complexity index is 170. The van der Waals surface area contributed by atoms with E-state index in [2.05, 4.69) is 5.32 Å². The Morgan fingerprint density at radius 2 is 2.30 bits per heavy atom. The molecule has 0 spiro atoms. The molecule has 1 aliphatic heterocycles. The van der Waals surface area contributed by atoms with Crippen molar-refractivity contribution in [1.29, 1.82) is 0 Å². The number of hydrogen-bond acceptors (Lipinski definition) is 3. The van der Waals surface area contributed by atoms with Crippen LogP contribution >= 0.6 is 0 Å². The predicted molar refractivity (Wildman–Crippen MR) is 42.0 cm³/mol. The first kappa shape index (κ1) is 7.15. The van der Waals surface area contributed by atoms with E-state index in [9.17, 15) is 0 Å². The molecule has 0 amide bonds. The van der Waals surface area contributed by atoms with Gasteiger partial charge in [0.25, 0.3) is 0 Å². The highest BCUT2D eigenvalue weighted by molar-refractivity contribution is 5.26. The first-order valence-corrected chi connectivity index (χ1v) is 3.41. The summed E-state index contributed by atoms with van der Waals surface area (Å²) in [6, 6.07) is 0. The molecule has 0 aliphatic carbocycles. The molecule has 3 nitrogen and oxygen atoms in total. The van der Waals surface area contributed by atoms with Gasteiger partial charge in [0.1, 0.15) is 0 Å². The Labute approximate surface area is 60.8 Å². The normalized spacial score (nSPS) is 20.4. The van der Waals surface area contributed by atoms with Gasteiger partial charge in [0.2, 0.25) is 0 Å². The monoisotopic (exact) mass is 139 g/mol. The van der Waals surface area contributed by atoms with E-state index in [0.717, 1.165) is 25.2 Å². The summed E-state index contributed by atoms with van der Waals surface area (Å²) in [5, 5.41) is 3.17. The summed E-state index contributed by atoms with van der Waals surface area (Å²) in [6.07, 6.45) is 4.39. The topological polar surface area (TPSA) is 64.1 Å². The molecule has 3 heteroatoms. The van der Waals surface area contributed by atoms with Gasteiger partial charge in [-0.3, -0.25) is 0 Å². The smallest absolute Gasteiger partial charge is 0.0354 e. The van der Waals surface area contributed by atoms with E-state index in [1.807, 2.05) is 6.08 Å². The molecule has 0 atom stereocenters. The molecule has 5 N–H and O–H groups in total. The molecule has 56 valence electrons. The lowest BCUT2D eigenvalue weighted by Gasteiger charge is -2.15. The highest BCUT2D eigenvalue weighted by Gasteiger charge is 2.04. The maximum atomic E-state index is 5.68. The summed E-state index contributed by atoms with van der Waals surface area (Å²) in [7, 11) is 0. The molecule has 0 unspecified atom stereocenters. The average Bonchev–Trinajstić information content (AvgIpc) is 1.94. The maximum Gasteiger partial charge on any atom is 0.0354 e. The Kier molecular flexibility index (Phi) is 2.34. The Hall–Kier alpha value is -0.960. The van der Waals surface area contributed by atoms with Crippen molar-refractivity contribution in [2.45, 2.75) is 6.42 Å². The van der Waals surface area contributed by atoms with E-state index in [4.69, 9.17) is 11.5 Å². The van der Waals surface area contributed by atoms with Crippen LogP contribution in [0.4, 0.5) is 0 Å². The van der Waals surface area contributed by atoms with Crippen LogP contribution in [0.25, 0.3) is 0 Å². The molecular formula is C7H13N3. The summed E-state index contributed by atoms with van der Waals surface area (Å²) in [5.41, 5.74) is 13.0. The lowest BCUT2D eigenvalue weighted by Crippen LogP contribution is -2.28. The minimum atomic E-state index is 0.791. The third kappa shape index (κ3) is 1.51. The number of allylic oxidation sites excluding steroid dienone is 1. The lowest BCUT2D eigenvalue weighted by molar-refractivity contribution is 0.680. The van der Waals surface area contributed by atoms with Crippen molar-refractivity contribution in [2.24, 2.45) is 11.5 Å². The SMILES string of the molecule is N/C=C\C1=C(N)CNCC1. The van der Waals surface area contributed by atoms with Crippen LogP contribution in [0.3, 0.4) is 0 Å². The number of hydrogen-bond donors (Lipinski definition) is 3. The number of nitrogens with one attached hydrogen (secondary N) is 1. The lowest BCUT2D eigenvalue weighted by atomic mass is 10.1. The van der Waals surface area contributed by atoms with Crippen molar-refractivity contribution < 1.29 is 0 Å². The van der Waals surface area contributed by atoms with Crippen LogP contribution in [0.2, 0.25) is 0 Å². The Balaban J connectivity index is 2.68. The molecule has 0 aromatic heterocycles. The standard InChI is InChI=1S/C7H13N3/c8-3-1-6-2-4-10-5-7(6)9/h1,3,10H,2,4-5,8-9H2/b3-1-. The fourth-order valence-electron chi connectivity index (χ4n) is 1.03. The minimum Gasteiger partial charge on any atom is -0.405 e. The van der Waals surface area contributed by atoms with Crippen molar-refractivity contribution in [1.82, 2.24) is 5.32 Å². The van der Waals surface area contributed by atoms with E-state index in [1.165, 1.54) is 11.8 Å². The molecule has 1 aliphatic rings. The van der Waals surface area contributed by atoms with Crippen molar-refractivity contribution in [3.05, 3.63) is 23.5 Å². The molecule has 10 heavy (non-hydrogen) atoms. The second kappa shape index (κ2) is 3.27. The van der Waals surface area contributed by atoms with E-state index in [1.54, 1.807) is 0 Å². The van der Waals surface area contributed by atoms with Gasteiger partial charge in [-0.05, 0) is 30.8 Å². The van der Waals surface area contributed by atoms with Crippen LogP contribution in [0, 0.1) is 0 Å². The minimum absolute atomic E-state index is 0.791. The molecule has 0 radical (unpaired) electrons. The van der Waals surface area contributed by atoms with Gasteiger partial charge in [-0.15, -0.1) is 0 Å². The first-order valence-electron chi connectivity index (χ1n) is 3.41. The summed E-state index contributed by atoms with van der Waals surface area (Å²) in [5.74, 6) is 0. The molecule has 0 saturated heterocycles. The first-order chi connectivity index (χ1) is 4.84. The van der Waals surface area contributed by atoms with Crippen molar-refractivity contribution in [3.63, 3.8) is 0 Å². The van der Waals surface area contributed by atoms with E-state index in [0.29, 0.717) is 0 Å². The summed E-state index contributed by atoms with van der Waals surface area (Å²) < 4.78 is 0. The molecule has 0 fully saturated rings. The average molecular weight is 139 g/mol. The summed E-state index contributed by atoms with van der Waals surface area (Å²) in [4.78, 5) is 0. The van der Waals surface area contributed by atoms with Crippen LogP contribution in [-0.2, 0) is 0 Å². The molecule has 0 aromatic carbocycles. The third-order valence-electron chi connectivity index (χ3n) is 1.60. The van der Waals surface area contributed by atoms with E-state index in [-0.39, 0.29) is 0 Å². The van der Waals surface area contributed by atoms with Crippen LogP contribution in [0.5, 0.6) is 0 Å². The highest BCUT2D eigenvalue weighted by atomic mass is 14.9. The fraction of sp³-hybridized carbons (Fsp3) is 0.429. The molecule has 1 heterocycles. The maximum absolute atomic E-state index is 5.68. The Morgan fingerprint density at radius 1 is 1.50 bits per heavy atom. The Morgan fingerprint density at radius 3 is 2.90 bits per heavy atom. The molecule has 0 saturated carbocycles. The highest BCUT2D eigenvalue weighted by Crippen LogP contribution is 2.08. The van der Waals surface area contributed by atoms with Gasteiger partial charge >= 0.3 is 0 Å². The third-order valence-corrected chi connectivity index (χ3v) is 1.60. The van der Waals surface area contributed by atoms with Crippen molar-refractivity contribution in [3.8, 4) is 0 Å². The summed E-state index contributed by atoms with van der Waals surface area (Å²) in [6.45, 7) is 1.79. The van der Waals surface area contributed by atoms with Crippen molar-refractivity contribution in [2.75, 3.05) is 13.1 Å². The zero-order valence-corrected chi connectivity index (χ0v) is 5.93. The molecule has 0 bridgehead atoms. The second-order valence-electron chi connectivity index (χ2n) is 2.34. The van der Waals surface area contributed by atoms with Crippen LogP contribution < -0.4 is 16.8 Å². The van der Waals surface area contributed by atoms with Crippen LogP contribution in [0.15, 0.2) is 23.5 Å². The summed E-state index contributed by atoms with van der Waals surface area (Å²) >= 11 is 0. The quantitative estimate of drug-likeness (QED) is 0.466. The van der Waals surface area contributed by atoms with Gasteiger partial charge in [-0.25, -0.2) is 0 Å². The van der Waals surface area contributed by atoms with E-state index >= 15 is 0 Å². The zero-order chi connectivity index (χ0) is 7.40. The molecular weight excluding hydrogens is 126 g/mol. The molecule has 0 aromatic rings. The van der Waals surface area contributed by atoms with Gasteiger partial charge in [0.15, 0.2) is 0 Å². The zero-order valence-electron chi connectivity index (χ0n) is 5.93. The van der Waals surface area contributed by atoms with E-state index < -0.39 is 0 Å². The second-order valence-corrected chi connectivity index (χ2v) is 2.34. The van der Waals surface area contributed by atoms with Crippen LogP contribution in [-0.4, -0.2) is 13.1 Å². The van der Waals surface area contributed by atoms with Crippen LogP contribution in [0.1, 0.15) is 6.42 Å². The largest absolute Gasteiger partial charge is 0.405 e. The predicted octanol–water partition coefficient (Wildman–Crippen LogP) is -0.335.